The number of halogens is 1. The van der Waals surface area contributed by atoms with Crippen molar-refractivity contribution >= 4 is 26.8 Å². The Morgan fingerprint density at radius 3 is 2.62 bits per heavy atom. The summed E-state index contributed by atoms with van der Waals surface area (Å²) in [6, 6.07) is 17.4. The van der Waals surface area contributed by atoms with Crippen molar-refractivity contribution in [3.63, 3.8) is 0 Å². The SMILES string of the molecule is Cc1c2n(c3ccccc13)CC=C[C@H]2c1ccc(Br)cc1. The van der Waals surface area contributed by atoms with E-state index in [4.69, 9.17) is 0 Å². The molecule has 2 aromatic carbocycles. The van der Waals surface area contributed by atoms with Crippen LogP contribution in [0, 0.1) is 6.92 Å². The lowest BCUT2D eigenvalue weighted by atomic mass is 9.91. The Morgan fingerprint density at radius 1 is 1.05 bits per heavy atom. The third-order valence-corrected chi connectivity index (χ3v) is 4.94. The van der Waals surface area contributed by atoms with Crippen molar-refractivity contribution in [2.24, 2.45) is 0 Å². The molecule has 1 aliphatic rings. The number of rotatable bonds is 1. The van der Waals surface area contributed by atoms with E-state index in [9.17, 15) is 0 Å². The monoisotopic (exact) mass is 337 g/mol. The quantitative estimate of drug-likeness (QED) is 0.523. The fraction of sp³-hybridized carbons (Fsp3) is 0.158. The molecule has 0 N–H and O–H groups in total. The van der Waals surface area contributed by atoms with Crippen molar-refractivity contribution in [3.05, 3.63) is 82.0 Å². The number of benzene rings is 2. The van der Waals surface area contributed by atoms with Crippen LogP contribution in [-0.4, -0.2) is 4.57 Å². The summed E-state index contributed by atoms with van der Waals surface area (Å²) in [5, 5.41) is 1.37. The first-order valence-corrected chi connectivity index (χ1v) is 8.05. The van der Waals surface area contributed by atoms with Gasteiger partial charge >= 0.3 is 0 Å². The normalized spacial score (nSPS) is 17.1. The molecule has 2 heterocycles. The number of allylic oxidation sites excluding steroid dienone is 2. The molecule has 1 nitrogen and oxygen atoms in total. The Balaban J connectivity index is 1.95. The molecule has 104 valence electrons. The minimum atomic E-state index is 0.347. The summed E-state index contributed by atoms with van der Waals surface area (Å²) in [5.41, 5.74) is 5.53. The van der Waals surface area contributed by atoms with Crippen LogP contribution in [0.3, 0.4) is 0 Å². The molecule has 4 rings (SSSR count). The van der Waals surface area contributed by atoms with Gasteiger partial charge in [-0.2, -0.15) is 0 Å². The minimum absolute atomic E-state index is 0.347. The van der Waals surface area contributed by atoms with Gasteiger partial charge in [-0.05, 0) is 36.2 Å². The van der Waals surface area contributed by atoms with Gasteiger partial charge in [0.15, 0.2) is 0 Å². The third-order valence-electron chi connectivity index (χ3n) is 4.41. The Kier molecular flexibility index (Phi) is 3.00. The Bertz CT molecular complexity index is 840. The fourth-order valence-corrected chi connectivity index (χ4v) is 3.69. The first kappa shape index (κ1) is 12.9. The summed E-state index contributed by atoms with van der Waals surface area (Å²) in [5.74, 6) is 0.347. The molecule has 21 heavy (non-hydrogen) atoms. The molecular formula is C19H16BrN. The Morgan fingerprint density at radius 2 is 1.81 bits per heavy atom. The maximum atomic E-state index is 3.52. The number of aryl methyl sites for hydroxylation is 1. The first-order chi connectivity index (χ1) is 10.3. The molecule has 0 fully saturated rings. The lowest BCUT2D eigenvalue weighted by Gasteiger charge is -2.22. The van der Waals surface area contributed by atoms with E-state index >= 15 is 0 Å². The van der Waals surface area contributed by atoms with Crippen LogP contribution in [0.4, 0.5) is 0 Å². The highest BCUT2D eigenvalue weighted by Gasteiger charge is 2.23. The van der Waals surface area contributed by atoms with E-state index in [2.05, 4.69) is 88.1 Å². The van der Waals surface area contributed by atoms with E-state index in [1.165, 1.54) is 27.7 Å². The number of hydrogen-bond donors (Lipinski definition) is 0. The van der Waals surface area contributed by atoms with Gasteiger partial charge < -0.3 is 4.57 Å². The van der Waals surface area contributed by atoms with Gasteiger partial charge in [-0.1, -0.05) is 58.4 Å². The second-order valence-corrected chi connectivity index (χ2v) is 6.51. The number of fused-ring (bicyclic) bond motifs is 3. The summed E-state index contributed by atoms with van der Waals surface area (Å²) in [6.45, 7) is 3.22. The smallest absolute Gasteiger partial charge is 0.0488 e. The Hall–Kier alpha value is -1.80. The van der Waals surface area contributed by atoms with Gasteiger partial charge in [0.1, 0.15) is 0 Å². The van der Waals surface area contributed by atoms with Crippen molar-refractivity contribution in [2.75, 3.05) is 0 Å². The predicted octanol–water partition coefficient (Wildman–Crippen LogP) is 5.41. The molecule has 0 bridgehead atoms. The van der Waals surface area contributed by atoms with Gasteiger partial charge in [0.2, 0.25) is 0 Å². The molecule has 0 spiro atoms. The molecule has 2 heteroatoms. The molecule has 0 aliphatic carbocycles. The van der Waals surface area contributed by atoms with Crippen LogP contribution in [0.2, 0.25) is 0 Å². The molecule has 1 aliphatic heterocycles. The molecular weight excluding hydrogens is 322 g/mol. The highest BCUT2D eigenvalue weighted by molar-refractivity contribution is 9.10. The topological polar surface area (TPSA) is 4.93 Å². The molecule has 0 amide bonds. The van der Waals surface area contributed by atoms with Crippen LogP contribution in [-0.2, 0) is 6.54 Å². The zero-order chi connectivity index (χ0) is 14.4. The van der Waals surface area contributed by atoms with Crippen molar-refractivity contribution < 1.29 is 0 Å². The summed E-state index contributed by atoms with van der Waals surface area (Å²) < 4.78 is 3.58. The van der Waals surface area contributed by atoms with Gasteiger partial charge in [-0.15, -0.1) is 0 Å². The molecule has 0 unspecified atom stereocenters. The van der Waals surface area contributed by atoms with Gasteiger partial charge in [-0.25, -0.2) is 0 Å². The van der Waals surface area contributed by atoms with E-state index < -0.39 is 0 Å². The van der Waals surface area contributed by atoms with Crippen molar-refractivity contribution in [3.8, 4) is 0 Å². The molecule has 0 saturated heterocycles. The van der Waals surface area contributed by atoms with E-state index in [0.29, 0.717) is 5.92 Å². The maximum absolute atomic E-state index is 3.52. The second-order valence-electron chi connectivity index (χ2n) is 5.60. The largest absolute Gasteiger partial charge is 0.340 e. The molecule has 3 aromatic rings. The van der Waals surface area contributed by atoms with E-state index in [0.717, 1.165) is 11.0 Å². The summed E-state index contributed by atoms with van der Waals surface area (Å²) >= 11 is 3.52. The van der Waals surface area contributed by atoms with Crippen molar-refractivity contribution in [1.82, 2.24) is 4.57 Å². The average Bonchev–Trinajstić information content (AvgIpc) is 2.82. The molecule has 0 radical (unpaired) electrons. The summed E-state index contributed by atoms with van der Waals surface area (Å²) in [4.78, 5) is 0. The minimum Gasteiger partial charge on any atom is -0.340 e. The van der Waals surface area contributed by atoms with Crippen LogP contribution in [0.25, 0.3) is 10.9 Å². The lowest BCUT2D eigenvalue weighted by molar-refractivity contribution is 0.734. The number of nitrogens with zero attached hydrogens (tertiary/aromatic N) is 1. The molecule has 1 aromatic heterocycles. The zero-order valence-corrected chi connectivity index (χ0v) is 13.5. The van der Waals surface area contributed by atoms with Crippen LogP contribution in [0.15, 0.2) is 65.2 Å². The zero-order valence-electron chi connectivity index (χ0n) is 11.9. The first-order valence-electron chi connectivity index (χ1n) is 7.25. The summed E-state index contributed by atoms with van der Waals surface area (Å²) in [6.07, 6.45) is 4.62. The van der Waals surface area contributed by atoms with E-state index in [1.807, 2.05) is 0 Å². The van der Waals surface area contributed by atoms with Crippen LogP contribution in [0.5, 0.6) is 0 Å². The van der Waals surface area contributed by atoms with Gasteiger partial charge in [0.25, 0.3) is 0 Å². The molecule has 1 atom stereocenters. The fourth-order valence-electron chi connectivity index (χ4n) is 3.43. The predicted molar refractivity (Wildman–Crippen MR) is 91.8 cm³/mol. The van der Waals surface area contributed by atoms with Gasteiger partial charge in [0, 0.05) is 33.5 Å². The standard InChI is InChI=1S/C19H16BrN/c1-13-16-5-2-3-7-18(16)21-12-4-6-17(19(13)21)14-8-10-15(20)11-9-14/h2-11,17H,12H2,1H3/t17-/m0/s1. The molecule has 0 saturated carbocycles. The lowest BCUT2D eigenvalue weighted by Crippen LogP contribution is -2.12. The van der Waals surface area contributed by atoms with Crippen molar-refractivity contribution in [1.29, 1.82) is 0 Å². The van der Waals surface area contributed by atoms with Crippen LogP contribution in [0.1, 0.15) is 22.7 Å². The highest BCUT2D eigenvalue weighted by Crippen LogP contribution is 2.37. The number of para-hydroxylation sites is 1. The number of aromatic nitrogens is 1. The number of hydrogen-bond acceptors (Lipinski definition) is 0. The highest BCUT2D eigenvalue weighted by atomic mass is 79.9. The maximum Gasteiger partial charge on any atom is 0.0488 e. The average molecular weight is 338 g/mol. The van der Waals surface area contributed by atoms with E-state index in [-0.39, 0.29) is 0 Å². The van der Waals surface area contributed by atoms with Gasteiger partial charge in [-0.3, -0.25) is 0 Å². The van der Waals surface area contributed by atoms with Crippen LogP contribution >= 0.6 is 15.9 Å². The van der Waals surface area contributed by atoms with Gasteiger partial charge in [0.05, 0.1) is 0 Å². The third kappa shape index (κ3) is 1.97. The second kappa shape index (κ2) is 4.88. The summed E-state index contributed by atoms with van der Waals surface area (Å²) in [7, 11) is 0. The van der Waals surface area contributed by atoms with Crippen LogP contribution < -0.4 is 0 Å². The van der Waals surface area contributed by atoms with E-state index in [1.54, 1.807) is 0 Å². The van der Waals surface area contributed by atoms with Crippen molar-refractivity contribution in [2.45, 2.75) is 19.4 Å². The Labute approximate surface area is 133 Å².